The number of nitrogens with two attached hydrogens (primary N) is 1. The van der Waals surface area contributed by atoms with Crippen LogP contribution in [0.4, 0.5) is 8.78 Å². The number of fused-ring (bicyclic) bond motifs is 1. The number of halogens is 2. The zero-order valence-corrected chi connectivity index (χ0v) is 17.1. The van der Waals surface area contributed by atoms with Gasteiger partial charge in [-0.05, 0) is 55.0 Å². The normalized spacial score (nSPS) is 19.5. The van der Waals surface area contributed by atoms with Crippen LogP contribution in [0.5, 0.6) is 0 Å². The van der Waals surface area contributed by atoms with Gasteiger partial charge in [-0.15, -0.1) is 0 Å². The Balaban J connectivity index is 1.51. The molecular weight excluding hydrogens is 396 g/mol. The first-order valence-corrected chi connectivity index (χ1v) is 10.5. The van der Waals surface area contributed by atoms with E-state index in [-0.39, 0.29) is 11.7 Å². The topological polar surface area (TPSA) is 69.6 Å². The van der Waals surface area contributed by atoms with E-state index in [1.54, 1.807) is 23.0 Å². The van der Waals surface area contributed by atoms with Crippen molar-refractivity contribution in [2.75, 3.05) is 0 Å². The van der Waals surface area contributed by atoms with Gasteiger partial charge in [0.25, 0.3) is 6.43 Å². The number of hydrogen-bond donors (Lipinski definition) is 1. The number of benzene rings is 1. The van der Waals surface area contributed by atoms with Crippen molar-refractivity contribution in [3.63, 3.8) is 0 Å². The molecule has 0 saturated heterocycles. The van der Waals surface area contributed by atoms with Gasteiger partial charge in [0, 0.05) is 17.0 Å². The molecule has 1 atom stereocenters. The van der Waals surface area contributed by atoms with E-state index in [9.17, 15) is 8.78 Å². The molecule has 0 radical (unpaired) electrons. The quantitative estimate of drug-likeness (QED) is 0.466. The average Bonchev–Trinajstić information content (AvgIpc) is 3.20. The van der Waals surface area contributed by atoms with Crippen LogP contribution in [-0.2, 0) is 0 Å². The minimum atomic E-state index is -2.63. The van der Waals surface area contributed by atoms with Crippen LogP contribution in [0.3, 0.4) is 0 Å². The van der Waals surface area contributed by atoms with Crippen molar-refractivity contribution in [1.29, 1.82) is 0 Å². The maximum atomic E-state index is 13.1. The molecule has 3 aromatic heterocycles. The molecule has 2 N–H and O–H groups in total. The SMILES string of the molecule is CC1CC([C@H](N)c2cccc(-c3ccc4cnn(-c5cccc(C(F)F)n5)c4c3)n2)C1. The van der Waals surface area contributed by atoms with Crippen LogP contribution in [0.15, 0.2) is 60.8 Å². The summed E-state index contributed by atoms with van der Waals surface area (Å²) in [4.78, 5) is 8.90. The summed E-state index contributed by atoms with van der Waals surface area (Å²) in [5, 5.41) is 5.26. The molecule has 158 valence electrons. The number of alkyl halides is 2. The molecule has 1 saturated carbocycles. The number of hydrogen-bond acceptors (Lipinski definition) is 4. The van der Waals surface area contributed by atoms with E-state index in [0.29, 0.717) is 11.7 Å². The van der Waals surface area contributed by atoms with E-state index >= 15 is 0 Å². The van der Waals surface area contributed by atoms with Gasteiger partial charge in [0.2, 0.25) is 0 Å². The van der Waals surface area contributed by atoms with Gasteiger partial charge in [0.15, 0.2) is 5.82 Å². The largest absolute Gasteiger partial charge is 0.322 e. The molecule has 0 spiro atoms. The molecule has 1 aromatic carbocycles. The standard InChI is InChI=1S/C24H23F2N5/c1-14-10-17(11-14)23(27)19-5-2-4-18(29-19)15-8-9-16-13-28-31(21(16)12-15)22-7-3-6-20(30-22)24(25)26/h2-9,12-14,17,23-24H,10-11,27H2,1H3/t14?,17?,23-/m0/s1. The van der Waals surface area contributed by atoms with Gasteiger partial charge in [-0.2, -0.15) is 5.10 Å². The van der Waals surface area contributed by atoms with Crippen molar-refractivity contribution in [3.8, 4) is 17.1 Å². The molecule has 1 aliphatic carbocycles. The Labute approximate surface area is 178 Å². The van der Waals surface area contributed by atoms with E-state index in [1.165, 1.54) is 6.07 Å². The average molecular weight is 419 g/mol. The minimum absolute atomic E-state index is 0.0632. The number of aromatic nitrogens is 4. The van der Waals surface area contributed by atoms with E-state index in [4.69, 9.17) is 10.7 Å². The minimum Gasteiger partial charge on any atom is -0.322 e. The molecule has 0 bridgehead atoms. The molecule has 1 aliphatic rings. The lowest BCUT2D eigenvalue weighted by atomic mass is 9.71. The molecule has 1 fully saturated rings. The zero-order chi connectivity index (χ0) is 21.5. The summed E-state index contributed by atoms with van der Waals surface area (Å²) in [6.45, 7) is 2.25. The van der Waals surface area contributed by atoms with Crippen molar-refractivity contribution >= 4 is 10.9 Å². The van der Waals surface area contributed by atoms with Crippen LogP contribution in [0.25, 0.3) is 28.0 Å². The van der Waals surface area contributed by atoms with Crippen LogP contribution in [0, 0.1) is 11.8 Å². The van der Waals surface area contributed by atoms with E-state index in [1.807, 2.05) is 36.4 Å². The predicted molar refractivity (Wildman–Crippen MR) is 116 cm³/mol. The van der Waals surface area contributed by atoms with Crippen molar-refractivity contribution < 1.29 is 8.78 Å². The summed E-state index contributed by atoms with van der Waals surface area (Å²) in [5.74, 6) is 1.57. The Bertz CT molecular complexity index is 1230. The van der Waals surface area contributed by atoms with Crippen LogP contribution in [0.2, 0.25) is 0 Å². The first-order valence-electron chi connectivity index (χ1n) is 10.5. The fraction of sp³-hybridized carbons (Fsp3) is 0.292. The summed E-state index contributed by atoms with van der Waals surface area (Å²) < 4.78 is 27.8. The third-order valence-electron chi connectivity index (χ3n) is 6.09. The molecule has 0 unspecified atom stereocenters. The Hall–Kier alpha value is -3.19. The smallest absolute Gasteiger partial charge is 0.280 e. The first-order chi connectivity index (χ1) is 15.0. The number of pyridine rings is 2. The highest BCUT2D eigenvalue weighted by Gasteiger charge is 2.31. The van der Waals surface area contributed by atoms with Crippen LogP contribution in [0.1, 0.15) is 43.6 Å². The van der Waals surface area contributed by atoms with Crippen LogP contribution >= 0.6 is 0 Å². The van der Waals surface area contributed by atoms with E-state index in [0.717, 1.165) is 46.6 Å². The highest BCUT2D eigenvalue weighted by molar-refractivity contribution is 5.84. The second-order valence-corrected chi connectivity index (χ2v) is 8.36. The summed E-state index contributed by atoms with van der Waals surface area (Å²) in [7, 11) is 0. The second-order valence-electron chi connectivity index (χ2n) is 8.36. The van der Waals surface area contributed by atoms with Gasteiger partial charge in [0.05, 0.1) is 23.1 Å². The maximum absolute atomic E-state index is 13.1. The molecule has 5 rings (SSSR count). The first kappa shape index (κ1) is 19.8. The van der Waals surface area contributed by atoms with Gasteiger partial charge in [0.1, 0.15) is 5.69 Å². The maximum Gasteiger partial charge on any atom is 0.280 e. The van der Waals surface area contributed by atoms with Crippen LogP contribution in [-0.4, -0.2) is 19.7 Å². The van der Waals surface area contributed by atoms with Crippen molar-refractivity contribution in [3.05, 3.63) is 72.2 Å². The van der Waals surface area contributed by atoms with Crippen LogP contribution < -0.4 is 5.73 Å². The lowest BCUT2D eigenvalue weighted by molar-refractivity contribution is 0.146. The molecule has 5 nitrogen and oxygen atoms in total. The van der Waals surface area contributed by atoms with E-state index in [2.05, 4.69) is 17.0 Å². The van der Waals surface area contributed by atoms with E-state index < -0.39 is 6.43 Å². The molecular formula is C24H23F2N5. The molecule has 0 amide bonds. The fourth-order valence-corrected chi connectivity index (χ4v) is 4.34. The van der Waals surface area contributed by atoms with Gasteiger partial charge in [-0.1, -0.05) is 31.2 Å². The van der Waals surface area contributed by atoms with Gasteiger partial charge < -0.3 is 5.73 Å². The third-order valence-corrected chi connectivity index (χ3v) is 6.09. The van der Waals surface area contributed by atoms with Gasteiger partial charge in [-0.3, -0.25) is 4.98 Å². The molecule has 7 heteroatoms. The molecule has 3 heterocycles. The summed E-state index contributed by atoms with van der Waals surface area (Å²) in [5.41, 5.74) is 9.62. The molecule has 0 aliphatic heterocycles. The van der Waals surface area contributed by atoms with Crippen molar-refractivity contribution in [1.82, 2.24) is 19.7 Å². The highest BCUT2D eigenvalue weighted by Crippen LogP contribution is 2.40. The summed E-state index contributed by atoms with van der Waals surface area (Å²) in [6.07, 6.45) is 1.35. The zero-order valence-electron chi connectivity index (χ0n) is 17.1. The monoisotopic (exact) mass is 419 g/mol. The highest BCUT2D eigenvalue weighted by atomic mass is 19.3. The second kappa shape index (κ2) is 7.81. The molecule has 4 aromatic rings. The lowest BCUT2D eigenvalue weighted by Crippen LogP contribution is -2.32. The predicted octanol–water partition coefficient (Wildman–Crippen LogP) is 5.47. The Morgan fingerprint density at radius 3 is 2.55 bits per heavy atom. The third kappa shape index (κ3) is 3.70. The summed E-state index contributed by atoms with van der Waals surface area (Å²) in [6, 6.07) is 16.3. The number of rotatable bonds is 5. The van der Waals surface area contributed by atoms with Gasteiger partial charge in [-0.25, -0.2) is 18.4 Å². The Morgan fingerprint density at radius 2 is 1.77 bits per heavy atom. The fourth-order valence-electron chi connectivity index (χ4n) is 4.34. The summed E-state index contributed by atoms with van der Waals surface area (Å²) >= 11 is 0. The Kier molecular flexibility index (Phi) is 4.98. The van der Waals surface area contributed by atoms with Gasteiger partial charge >= 0.3 is 0 Å². The number of nitrogens with zero attached hydrogens (tertiary/aromatic N) is 4. The van der Waals surface area contributed by atoms with Crippen molar-refractivity contribution in [2.45, 2.75) is 32.2 Å². The molecule has 31 heavy (non-hydrogen) atoms. The lowest BCUT2D eigenvalue weighted by Gasteiger charge is -2.36. The van der Waals surface area contributed by atoms with Crippen molar-refractivity contribution in [2.24, 2.45) is 17.6 Å². The Morgan fingerprint density at radius 1 is 1.00 bits per heavy atom.